The van der Waals surface area contributed by atoms with Crippen LogP contribution in [0.15, 0.2) is 0 Å². The molecule has 0 spiro atoms. The molecule has 1 amide bonds. The summed E-state index contributed by atoms with van der Waals surface area (Å²) in [4.78, 5) is 14.0. The van der Waals surface area contributed by atoms with Crippen molar-refractivity contribution < 1.29 is 4.79 Å². The van der Waals surface area contributed by atoms with Gasteiger partial charge in [-0.15, -0.1) is 0 Å². The first kappa shape index (κ1) is 13.8. The number of hydrogen-bond donors (Lipinski definition) is 2. The predicted molar refractivity (Wildman–Crippen MR) is 73.5 cm³/mol. The zero-order valence-corrected chi connectivity index (χ0v) is 11.7. The lowest BCUT2D eigenvalue weighted by Gasteiger charge is -2.34. The highest BCUT2D eigenvalue weighted by Crippen LogP contribution is 2.21. The highest BCUT2D eigenvalue weighted by atomic mass is 16.1. The van der Waals surface area contributed by atoms with Gasteiger partial charge in [-0.2, -0.15) is 0 Å². The number of carbonyl (C=O) groups is 1. The molecule has 1 atom stereocenters. The summed E-state index contributed by atoms with van der Waals surface area (Å²) >= 11 is 0. The lowest BCUT2D eigenvalue weighted by Crippen LogP contribution is -2.42. The van der Waals surface area contributed by atoms with E-state index in [4.69, 9.17) is 0 Å². The summed E-state index contributed by atoms with van der Waals surface area (Å²) in [7, 11) is 2.04. The van der Waals surface area contributed by atoms with Gasteiger partial charge in [-0.3, -0.25) is 4.79 Å². The first-order valence-electron chi connectivity index (χ1n) is 7.38. The first-order chi connectivity index (χ1) is 8.69. The van der Waals surface area contributed by atoms with Gasteiger partial charge in [0.15, 0.2) is 0 Å². The Labute approximate surface area is 110 Å². The van der Waals surface area contributed by atoms with E-state index in [1.807, 2.05) is 7.05 Å². The fourth-order valence-electron chi connectivity index (χ4n) is 2.70. The molecule has 104 valence electrons. The van der Waals surface area contributed by atoms with E-state index in [0.29, 0.717) is 18.5 Å². The average Bonchev–Trinajstić information content (AvgIpc) is 3.20. The normalized spacial score (nSPS) is 23.9. The molecule has 2 N–H and O–H groups in total. The van der Waals surface area contributed by atoms with Crippen LogP contribution in [0.4, 0.5) is 0 Å². The fraction of sp³-hybridized carbons (Fsp3) is 0.929. The molecule has 1 heterocycles. The number of piperidine rings is 1. The van der Waals surface area contributed by atoms with E-state index in [1.165, 1.54) is 25.7 Å². The van der Waals surface area contributed by atoms with Crippen molar-refractivity contribution in [1.29, 1.82) is 0 Å². The Kier molecular flexibility index (Phi) is 5.01. The lowest BCUT2D eigenvalue weighted by molar-refractivity contribution is -0.121. The van der Waals surface area contributed by atoms with Gasteiger partial charge in [0.25, 0.3) is 0 Å². The minimum Gasteiger partial charge on any atom is -0.353 e. The Morgan fingerprint density at radius 1 is 1.28 bits per heavy atom. The maximum absolute atomic E-state index is 11.6. The summed E-state index contributed by atoms with van der Waals surface area (Å²) in [6.45, 7) is 5.49. The number of hydrogen-bond acceptors (Lipinski definition) is 3. The molecule has 4 heteroatoms. The van der Waals surface area contributed by atoms with Gasteiger partial charge in [0, 0.05) is 25.0 Å². The van der Waals surface area contributed by atoms with E-state index in [0.717, 1.165) is 25.6 Å². The molecule has 0 aromatic rings. The summed E-state index contributed by atoms with van der Waals surface area (Å²) in [5, 5.41) is 6.40. The molecule has 1 aliphatic heterocycles. The van der Waals surface area contributed by atoms with Crippen molar-refractivity contribution in [2.45, 2.75) is 51.1 Å². The van der Waals surface area contributed by atoms with E-state index in [9.17, 15) is 4.79 Å². The fourth-order valence-corrected chi connectivity index (χ4v) is 2.70. The van der Waals surface area contributed by atoms with Crippen molar-refractivity contribution in [3.63, 3.8) is 0 Å². The standard InChI is InChI=1S/C14H27N3O/c1-11(15-2)12-5-8-17(9-6-12)10-7-14(18)16-13-3-4-13/h11-13,15H,3-10H2,1-2H3,(H,16,18). The monoisotopic (exact) mass is 253 g/mol. The number of nitrogens with zero attached hydrogens (tertiary/aromatic N) is 1. The van der Waals surface area contributed by atoms with Gasteiger partial charge in [0.05, 0.1) is 0 Å². The number of rotatable bonds is 6. The number of amides is 1. The Balaban J connectivity index is 1.59. The quantitative estimate of drug-likeness (QED) is 0.741. The third kappa shape index (κ3) is 4.25. The van der Waals surface area contributed by atoms with Crippen molar-refractivity contribution in [3.05, 3.63) is 0 Å². The van der Waals surface area contributed by atoms with Gasteiger partial charge < -0.3 is 15.5 Å². The van der Waals surface area contributed by atoms with E-state index >= 15 is 0 Å². The minimum atomic E-state index is 0.239. The zero-order chi connectivity index (χ0) is 13.0. The third-order valence-electron chi connectivity index (χ3n) is 4.39. The van der Waals surface area contributed by atoms with Gasteiger partial charge in [0.2, 0.25) is 5.91 Å². The summed E-state index contributed by atoms with van der Waals surface area (Å²) < 4.78 is 0. The highest BCUT2D eigenvalue weighted by molar-refractivity contribution is 5.76. The molecule has 0 aromatic carbocycles. The second-order valence-corrected chi connectivity index (χ2v) is 5.85. The number of nitrogens with one attached hydrogen (secondary N) is 2. The molecular formula is C14H27N3O. The maximum Gasteiger partial charge on any atom is 0.221 e. The number of likely N-dealkylation sites (tertiary alicyclic amines) is 1. The van der Waals surface area contributed by atoms with Crippen LogP contribution < -0.4 is 10.6 Å². The van der Waals surface area contributed by atoms with Crippen molar-refractivity contribution in [2.24, 2.45) is 5.92 Å². The molecule has 1 aliphatic carbocycles. The molecule has 2 rings (SSSR count). The van der Waals surface area contributed by atoms with E-state index in [2.05, 4.69) is 22.5 Å². The van der Waals surface area contributed by atoms with Crippen LogP contribution in [0.2, 0.25) is 0 Å². The lowest BCUT2D eigenvalue weighted by atomic mass is 9.90. The van der Waals surface area contributed by atoms with Crippen LogP contribution in [0.25, 0.3) is 0 Å². The Morgan fingerprint density at radius 3 is 2.50 bits per heavy atom. The Hall–Kier alpha value is -0.610. The molecule has 2 aliphatic rings. The van der Waals surface area contributed by atoms with Crippen LogP contribution in [-0.2, 0) is 4.79 Å². The van der Waals surface area contributed by atoms with Crippen LogP contribution in [0.1, 0.15) is 39.0 Å². The van der Waals surface area contributed by atoms with Crippen LogP contribution in [0.5, 0.6) is 0 Å². The number of carbonyl (C=O) groups excluding carboxylic acids is 1. The second-order valence-electron chi connectivity index (χ2n) is 5.85. The molecule has 4 nitrogen and oxygen atoms in total. The zero-order valence-electron chi connectivity index (χ0n) is 11.7. The first-order valence-corrected chi connectivity index (χ1v) is 7.38. The van der Waals surface area contributed by atoms with Crippen LogP contribution in [0, 0.1) is 5.92 Å². The van der Waals surface area contributed by atoms with E-state index in [1.54, 1.807) is 0 Å². The van der Waals surface area contributed by atoms with Crippen LogP contribution in [-0.4, -0.2) is 49.6 Å². The maximum atomic E-state index is 11.6. The summed E-state index contributed by atoms with van der Waals surface area (Å²) in [6.07, 6.45) is 5.54. The van der Waals surface area contributed by atoms with Crippen LogP contribution in [0.3, 0.4) is 0 Å². The van der Waals surface area contributed by atoms with Crippen molar-refractivity contribution in [1.82, 2.24) is 15.5 Å². The summed E-state index contributed by atoms with van der Waals surface area (Å²) in [5.41, 5.74) is 0. The van der Waals surface area contributed by atoms with Crippen molar-refractivity contribution in [3.8, 4) is 0 Å². The molecule has 0 aromatic heterocycles. The SMILES string of the molecule is CNC(C)C1CCN(CCC(=O)NC2CC2)CC1. The van der Waals surface area contributed by atoms with Gasteiger partial charge in [-0.25, -0.2) is 0 Å². The molecule has 1 saturated heterocycles. The Morgan fingerprint density at radius 2 is 1.94 bits per heavy atom. The van der Waals surface area contributed by atoms with Gasteiger partial charge in [0.1, 0.15) is 0 Å². The molecule has 18 heavy (non-hydrogen) atoms. The van der Waals surface area contributed by atoms with Crippen molar-refractivity contribution in [2.75, 3.05) is 26.7 Å². The van der Waals surface area contributed by atoms with E-state index in [-0.39, 0.29) is 5.91 Å². The van der Waals surface area contributed by atoms with Gasteiger partial charge >= 0.3 is 0 Å². The average molecular weight is 253 g/mol. The predicted octanol–water partition coefficient (Wildman–Crippen LogP) is 0.975. The van der Waals surface area contributed by atoms with E-state index < -0.39 is 0 Å². The molecule has 0 bridgehead atoms. The molecule has 1 saturated carbocycles. The second kappa shape index (κ2) is 6.53. The molecular weight excluding hydrogens is 226 g/mol. The highest BCUT2D eigenvalue weighted by Gasteiger charge is 2.25. The molecule has 1 unspecified atom stereocenters. The molecule has 2 fully saturated rings. The largest absolute Gasteiger partial charge is 0.353 e. The van der Waals surface area contributed by atoms with Crippen molar-refractivity contribution >= 4 is 5.91 Å². The minimum absolute atomic E-state index is 0.239. The third-order valence-corrected chi connectivity index (χ3v) is 4.39. The topological polar surface area (TPSA) is 44.4 Å². The van der Waals surface area contributed by atoms with Crippen LogP contribution >= 0.6 is 0 Å². The van der Waals surface area contributed by atoms with Gasteiger partial charge in [-0.1, -0.05) is 0 Å². The smallest absolute Gasteiger partial charge is 0.221 e. The van der Waals surface area contributed by atoms with Gasteiger partial charge in [-0.05, 0) is 58.7 Å². The molecule has 0 radical (unpaired) electrons. The Bertz CT molecular complexity index is 270. The summed E-state index contributed by atoms with van der Waals surface area (Å²) in [6, 6.07) is 1.12. The summed E-state index contributed by atoms with van der Waals surface area (Å²) in [5.74, 6) is 1.04.